The Hall–Kier alpha value is -3.13. The molecule has 0 saturated carbocycles. The zero-order valence-corrected chi connectivity index (χ0v) is 16.5. The van der Waals surface area contributed by atoms with Crippen molar-refractivity contribution in [3.05, 3.63) is 53.3 Å². The van der Waals surface area contributed by atoms with Crippen molar-refractivity contribution in [1.82, 2.24) is 4.98 Å². The Labute approximate surface area is 167 Å². The first-order valence-electron chi connectivity index (χ1n) is 9.03. The van der Waals surface area contributed by atoms with Crippen molar-refractivity contribution in [2.24, 2.45) is 11.8 Å². The molecule has 0 radical (unpaired) electrons. The van der Waals surface area contributed by atoms with Gasteiger partial charge in [0.1, 0.15) is 17.4 Å². The van der Waals surface area contributed by atoms with Crippen molar-refractivity contribution in [2.45, 2.75) is 11.7 Å². The quantitative estimate of drug-likeness (QED) is 0.705. The normalized spacial score (nSPS) is 26.6. The summed E-state index contributed by atoms with van der Waals surface area (Å²) in [6, 6.07) is 7.10. The molecule has 8 nitrogen and oxygen atoms in total. The number of nitrogens with zero attached hydrogens (tertiary/aromatic N) is 1. The van der Waals surface area contributed by atoms with Gasteiger partial charge in [0.25, 0.3) is 0 Å². The summed E-state index contributed by atoms with van der Waals surface area (Å²) in [7, 11) is 5.65. The Balaban J connectivity index is 2.04. The van der Waals surface area contributed by atoms with E-state index in [1.165, 1.54) is 28.4 Å². The summed E-state index contributed by atoms with van der Waals surface area (Å²) in [5.74, 6) is -1.90. The molecule has 4 atom stereocenters. The molecule has 1 aromatic carbocycles. The second-order valence-electron chi connectivity index (χ2n) is 6.85. The van der Waals surface area contributed by atoms with Crippen LogP contribution in [0.3, 0.4) is 0 Å². The van der Waals surface area contributed by atoms with Crippen LogP contribution < -0.4 is 9.47 Å². The fraction of sp³-hybridized carbons (Fsp3) is 0.381. The van der Waals surface area contributed by atoms with Crippen LogP contribution in [0.25, 0.3) is 0 Å². The predicted octanol–water partition coefficient (Wildman–Crippen LogP) is 2.01. The number of carbonyl (C=O) groups excluding carboxylic acids is 2. The number of carbonyl (C=O) groups is 2. The minimum absolute atomic E-state index is 0.495. The molecule has 4 rings (SSSR count). The van der Waals surface area contributed by atoms with E-state index in [-0.39, 0.29) is 0 Å². The van der Waals surface area contributed by atoms with Crippen LogP contribution in [0.5, 0.6) is 11.5 Å². The molecule has 29 heavy (non-hydrogen) atoms. The average Bonchev–Trinajstić information content (AvgIpc) is 3.30. The summed E-state index contributed by atoms with van der Waals surface area (Å²) >= 11 is 0. The van der Waals surface area contributed by atoms with Gasteiger partial charge in [0.05, 0.1) is 34.5 Å². The number of esters is 2. The molecular weight excluding hydrogens is 378 g/mol. The molecule has 0 aliphatic carbocycles. The Morgan fingerprint density at radius 1 is 0.966 bits per heavy atom. The highest BCUT2D eigenvalue weighted by molar-refractivity contribution is 5.87. The van der Waals surface area contributed by atoms with E-state index in [1.807, 2.05) is 0 Å². The third-order valence-electron chi connectivity index (χ3n) is 5.74. The number of rotatable bonds is 5. The second kappa shape index (κ2) is 7.04. The van der Waals surface area contributed by atoms with Gasteiger partial charge in [0, 0.05) is 12.4 Å². The van der Waals surface area contributed by atoms with E-state index in [1.54, 1.807) is 36.7 Å². The molecule has 0 amide bonds. The summed E-state index contributed by atoms with van der Waals surface area (Å²) in [5, 5.41) is 0. The SMILES string of the molecule is COC(=O)[C@H]1[C@@H]2O[C@@](c3ccncc3)(c3cc(OC)c(OC)cc32)[C@H]1C(=O)OC. The molecule has 0 N–H and O–H groups in total. The second-order valence-corrected chi connectivity index (χ2v) is 6.85. The highest BCUT2D eigenvalue weighted by Gasteiger charge is 2.68. The van der Waals surface area contributed by atoms with Crippen LogP contribution in [0.4, 0.5) is 0 Å². The lowest BCUT2D eigenvalue weighted by atomic mass is 9.66. The molecule has 8 heteroatoms. The lowest BCUT2D eigenvalue weighted by molar-refractivity contribution is -0.158. The molecule has 2 aliphatic heterocycles. The topological polar surface area (TPSA) is 93.2 Å². The lowest BCUT2D eigenvalue weighted by Gasteiger charge is -2.35. The largest absolute Gasteiger partial charge is 0.493 e. The zero-order valence-electron chi connectivity index (χ0n) is 16.5. The molecule has 1 saturated heterocycles. The maximum atomic E-state index is 12.9. The summed E-state index contributed by atoms with van der Waals surface area (Å²) in [5.41, 5.74) is 0.913. The minimum atomic E-state index is -1.24. The molecule has 2 bridgehead atoms. The van der Waals surface area contributed by atoms with Gasteiger partial charge in [-0.3, -0.25) is 14.6 Å². The van der Waals surface area contributed by atoms with E-state index in [4.69, 9.17) is 23.7 Å². The van der Waals surface area contributed by atoms with E-state index >= 15 is 0 Å². The number of fused-ring (bicyclic) bond motifs is 5. The summed E-state index contributed by atoms with van der Waals surface area (Å²) in [6.07, 6.45) is 2.52. The van der Waals surface area contributed by atoms with Gasteiger partial charge in [-0.15, -0.1) is 0 Å². The minimum Gasteiger partial charge on any atom is -0.493 e. The number of pyridine rings is 1. The van der Waals surface area contributed by atoms with Crippen LogP contribution in [0.1, 0.15) is 22.8 Å². The van der Waals surface area contributed by atoms with Gasteiger partial charge in [-0.25, -0.2) is 0 Å². The first kappa shape index (κ1) is 19.2. The summed E-state index contributed by atoms with van der Waals surface area (Å²) in [6.45, 7) is 0. The van der Waals surface area contributed by atoms with Crippen LogP contribution in [-0.2, 0) is 29.4 Å². The molecule has 2 aliphatic rings. The van der Waals surface area contributed by atoms with Crippen LogP contribution >= 0.6 is 0 Å². The summed E-state index contributed by atoms with van der Waals surface area (Å²) in [4.78, 5) is 29.7. The number of benzene rings is 1. The standard InChI is InChI=1S/C21H21NO7/c1-25-14-9-12-13(10-15(14)26-2)21(11-5-7-22-8-6-11)17(20(24)28-4)16(18(12)29-21)19(23)27-3/h5-10,16-18H,1-4H3/t16-,17-,18-,21+/m1/s1. The molecule has 1 fully saturated rings. The Bertz CT molecular complexity index is 961. The highest BCUT2D eigenvalue weighted by Crippen LogP contribution is 2.65. The highest BCUT2D eigenvalue weighted by atomic mass is 16.6. The molecule has 152 valence electrons. The van der Waals surface area contributed by atoms with Crippen LogP contribution in [-0.4, -0.2) is 45.4 Å². The lowest BCUT2D eigenvalue weighted by Crippen LogP contribution is -2.45. The monoisotopic (exact) mass is 399 g/mol. The molecular formula is C21H21NO7. The van der Waals surface area contributed by atoms with Crippen LogP contribution in [0.15, 0.2) is 36.7 Å². The number of hydrogen-bond acceptors (Lipinski definition) is 8. The van der Waals surface area contributed by atoms with Gasteiger partial charge in [-0.2, -0.15) is 0 Å². The first-order valence-corrected chi connectivity index (χ1v) is 9.03. The molecule has 2 aromatic rings. The van der Waals surface area contributed by atoms with E-state index in [0.29, 0.717) is 17.1 Å². The van der Waals surface area contributed by atoms with Gasteiger partial charge in [0.2, 0.25) is 0 Å². The van der Waals surface area contributed by atoms with Crippen molar-refractivity contribution in [3.63, 3.8) is 0 Å². The van der Waals surface area contributed by atoms with Crippen molar-refractivity contribution >= 4 is 11.9 Å². The van der Waals surface area contributed by atoms with E-state index in [0.717, 1.165) is 11.1 Å². The van der Waals surface area contributed by atoms with Crippen molar-refractivity contribution < 1.29 is 33.3 Å². The maximum Gasteiger partial charge on any atom is 0.313 e. The average molecular weight is 399 g/mol. The van der Waals surface area contributed by atoms with Gasteiger partial charge in [-0.05, 0) is 41.0 Å². The molecule has 0 unspecified atom stereocenters. The molecule has 3 heterocycles. The molecule has 1 aromatic heterocycles. The van der Waals surface area contributed by atoms with Crippen molar-refractivity contribution in [2.75, 3.05) is 28.4 Å². The fourth-order valence-electron chi connectivity index (χ4n) is 4.55. The Morgan fingerprint density at radius 2 is 1.59 bits per heavy atom. The smallest absolute Gasteiger partial charge is 0.313 e. The van der Waals surface area contributed by atoms with Crippen molar-refractivity contribution in [3.8, 4) is 11.5 Å². The van der Waals surface area contributed by atoms with Crippen molar-refractivity contribution in [1.29, 1.82) is 0 Å². The van der Waals surface area contributed by atoms with Gasteiger partial charge >= 0.3 is 11.9 Å². The summed E-state index contributed by atoms with van der Waals surface area (Å²) < 4.78 is 27.4. The first-order chi connectivity index (χ1) is 14.0. The third-order valence-corrected chi connectivity index (χ3v) is 5.74. The zero-order chi connectivity index (χ0) is 20.8. The van der Waals surface area contributed by atoms with E-state index in [2.05, 4.69) is 4.98 Å². The van der Waals surface area contributed by atoms with Crippen LogP contribution in [0.2, 0.25) is 0 Å². The number of aromatic nitrogens is 1. The van der Waals surface area contributed by atoms with E-state index in [9.17, 15) is 9.59 Å². The third kappa shape index (κ3) is 2.52. The Morgan fingerprint density at radius 3 is 2.17 bits per heavy atom. The van der Waals surface area contributed by atoms with Crippen LogP contribution in [0, 0.1) is 11.8 Å². The number of hydrogen-bond donors (Lipinski definition) is 0. The Kier molecular flexibility index (Phi) is 4.66. The van der Waals surface area contributed by atoms with E-state index < -0.39 is 35.5 Å². The number of ether oxygens (including phenoxy) is 5. The van der Waals surface area contributed by atoms with Gasteiger partial charge in [-0.1, -0.05) is 0 Å². The van der Waals surface area contributed by atoms with Gasteiger partial charge in [0.15, 0.2) is 11.5 Å². The maximum absolute atomic E-state index is 12.9. The molecule has 0 spiro atoms. The predicted molar refractivity (Wildman–Crippen MR) is 99.4 cm³/mol. The number of methoxy groups -OCH3 is 4. The van der Waals surface area contributed by atoms with Gasteiger partial charge < -0.3 is 23.7 Å². The fourth-order valence-corrected chi connectivity index (χ4v) is 4.55.